The van der Waals surface area contributed by atoms with Crippen molar-refractivity contribution in [1.82, 2.24) is 0 Å². The normalized spacial score (nSPS) is 11.5. The van der Waals surface area contributed by atoms with Crippen molar-refractivity contribution < 1.29 is 4.79 Å². The summed E-state index contributed by atoms with van der Waals surface area (Å²) in [6, 6.07) is 3.46. The fourth-order valence-corrected chi connectivity index (χ4v) is 7.81. The molecule has 0 radical (unpaired) electrons. The molecule has 1 nitrogen and oxygen atoms in total. The summed E-state index contributed by atoms with van der Waals surface area (Å²) < 4.78 is 0. The Bertz CT molecular complexity index is 204. The lowest BCUT2D eigenvalue weighted by atomic mass is 10.4. The van der Waals surface area contributed by atoms with Crippen molar-refractivity contribution in [2.24, 2.45) is 0 Å². The van der Waals surface area contributed by atoms with Crippen LogP contribution < -0.4 is 0 Å². The van der Waals surface area contributed by atoms with Gasteiger partial charge in [-0.2, -0.15) is 0 Å². The average Bonchev–Trinajstić information content (AvgIpc) is 2.17. The van der Waals surface area contributed by atoms with Gasteiger partial charge in [-0.05, 0) is 12.5 Å². The van der Waals surface area contributed by atoms with Crippen molar-refractivity contribution in [2.75, 3.05) is 0 Å². The summed E-state index contributed by atoms with van der Waals surface area (Å²) in [6.07, 6.45) is 3.43. The Morgan fingerprint density at radius 1 is 1.00 bits per heavy atom. The molecule has 2 heteroatoms. The molecule has 0 aliphatic carbocycles. The Hall–Kier alpha value is -0.373. The second kappa shape index (κ2) is 6.99. The van der Waals surface area contributed by atoms with E-state index >= 15 is 0 Å². The molecule has 0 aromatic rings. The highest BCUT2D eigenvalue weighted by atomic mass is 28.3. The van der Waals surface area contributed by atoms with E-state index in [0.29, 0.717) is 5.41 Å². The van der Waals surface area contributed by atoms with E-state index in [4.69, 9.17) is 0 Å². The van der Waals surface area contributed by atoms with Gasteiger partial charge in [-0.1, -0.05) is 64.7 Å². The molecule has 0 saturated heterocycles. The van der Waals surface area contributed by atoms with Gasteiger partial charge in [0.1, 0.15) is 13.5 Å². The first kappa shape index (κ1) is 14.6. The first-order chi connectivity index (χ1) is 7.04. The van der Waals surface area contributed by atoms with Gasteiger partial charge in [0, 0.05) is 0 Å². The van der Waals surface area contributed by atoms with Gasteiger partial charge in [-0.25, -0.2) is 0 Å². The van der Waals surface area contributed by atoms with Crippen LogP contribution in [0.1, 0.15) is 47.0 Å². The predicted octanol–water partition coefficient (Wildman–Crippen LogP) is 4.35. The SMILES string of the molecule is C=C(C)C(=O)[Si](CCC)(CCC)CCC. The highest BCUT2D eigenvalue weighted by Gasteiger charge is 2.38. The summed E-state index contributed by atoms with van der Waals surface area (Å²) >= 11 is 0. The fourth-order valence-electron chi connectivity index (χ4n) is 2.60. The third-order valence-corrected chi connectivity index (χ3v) is 8.82. The second-order valence-corrected chi connectivity index (χ2v) is 9.15. The number of rotatable bonds is 8. The minimum atomic E-state index is -1.70. The Morgan fingerprint density at radius 2 is 1.33 bits per heavy atom. The second-order valence-electron chi connectivity index (χ2n) is 4.64. The average molecular weight is 226 g/mol. The van der Waals surface area contributed by atoms with Crippen molar-refractivity contribution in [1.29, 1.82) is 0 Å². The quantitative estimate of drug-likeness (QED) is 0.444. The number of carbonyl (C=O) groups excluding carboxylic acids is 1. The highest BCUT2D eigenvalue weighted by molar-refractivity contribution is 7.07. The maximum atomic E-state index is 12.3. The van der Waals surface area contributed by atoms with Crippen LogP contribution >= 0.6 is 0 Å². The summed E-state index contributed by atoms with van der Waals surface area (Å²) in [7, 11) is -1.70. The van der Waals surface area contributed by atoms with E-state index < -0.39 is 8.07 Å². The first-order valence-corrected chi connectivity index (χ1v) is 8.86. The van der Waals surface area contributed by atoms with Crippen molar-refractivity contribution >= 4 is 13.5 Å². The van der Waals surface area contributed by atoms with Gasteiger partial charge in [0.25, 0.3) is 0 Å². The molecule has 88 valence electrons. The molecule has 0 rings (SSSR count). The van der Waals surface area contributed by atoms with Crippen LogP contribution in [0.25, 0.3) is 0 Å². The Kier molecular flexibility index (Phi) is 6.82. The summed E-state index contributed by atoms with van der Waals surface area (Å²) in [5.41, 5.74) is 0.789. The molecule has 0 aromatic carbocycles. The topological polar surface area (TPSA) is 17.1 Å². The zero-order valence-corrected chi connectivity index (χ0v) is 11.9. The minimum absolute atomic E-state index is 0.438. The van der Waals surface area contributed by atoms with E-state index in [9.17, 15) is 4.79 Å². The molecule has 0 heterocycles. The van der Waals surface area contributed by atoms with Gasteiger partial charge >= 0.3 is 0 Å². The van der Waals surface area contributed by atoms with Crippen LogP contribution in [0.3, 0.4) is 0 Å². The molecule has 15 heavy (non-hydrogen) atoms. The van der Waals surface area contributed by atoms with Gasteiger partial charge in [0.2, 0.25) is 0 Å². The summed E-state index contributed by atoms with van der Waals surface area (Å²) in [4.78, 5) is 12.3. The monoisotopic (exact) mass is 226 g/mol. The zero-order valence-electron chi connectivity index (χ0n) is 10.9. The van der Waals surface area contributed by atoms with Crippen LogP contribution in [-0.2, 0) is 4.79 Å². The number of hydrogen-bond donors (Lipinski definition) is 0. The van der Waals surface area contributed by atoms with Crippen LogP contribution in [0.15, 0.2) is 12.2 Å². The Labute approximate surface area is 96.0 Å². The molecule has 0 fully saturated rings. The van der Waals surface area contributed by atoms with Gasteiger partial charge in [0.15, 0.2) is 0 Å². The highest BCUT2D eigenvalue weighted by Crippen LogP contribution is 2.29. The molecule has 0 saturated carbocycles. The van der Waals surface area contributed by atoms with E-state index in [2.05, 4.69) is 27.4 Å². The molecule has 0 aliphatic rings. The molecular weight excluding hydrogens is 200 g/mol. The Balaban J connectivity index is 4.90. The van der Waals surface area contributed by atoms with Crippen molar-refractivity contribution in [2.45, 2.75) is 65.1 Å². The maximum Gasteiger partial charge on any atom is 0.138 e. The molecule has 0 bridgehead atoms. The number of allylic oxidation sites excluding steroid dienone is 1. The predicted molar refractivity (Wildman–Crippen MR) is 70.9 cm³/mol. The van der Waals surface area contributed by atoms with E-state index in [1.54, 1.807) is 0 Å². The zero-order chi connectivity index (χ0) is 11.9. The summed E-state index contributed by atoms with van der Waals surface area (Å²) in [6.45, 7) is 12.3. The first-order valence-electron chi connectivity index (χ1n) is 6.24. The maximum absolute atomic E-state index is 12.3. The molecular formula is C13H26OSi. The van der Waals surface area contributed by atoms with Crippen LogP contribution in [-0.4, -0.2) is 13.5 Å². The number of hydrogen-bond acceptors (Lipinski definition) is 1. The van der Waals surface area contributed by atoms with Crippen LogP contribution in [0, 0.1) is 0 Å². The van der Waals surface area contributed by atoms with Crippen molar-refractivity contribution in [3.8, 4) is 0 Å². The lowest BCUT2D eigenvalue weighted by Gasteiger charge is -2.29. The minimum Gasteiger partial charge on any atom is -0.300 e. The smallest absolute Gasteiger partial charge is 0.138 e. The van der Waals surface area contributed by atoms with Gasteiger partial charge in [-0.15, -0.1) is 0 Å². The lowest BCUT2D eigenvalue weighted by Crippen LogP contribution is -2.44. The lowest BCUT2D eigenvalue weighted by molar-refractivity contribution is -0.109. The van der Waals surface area contributed by atoms with E-state index in [-0.39, 0.29) is 0 Å². The van der Waals surface area contributed by atoms with Crippen molar-refractivity contribution in [3.05, 3.63) is 12.2 Å². The van der Waals surface area contributed by atoms with Crippen LogP contribution in [0.4, 0.5) is 0 Å². The molecule has 0 unspecified atom stereocenters. The van der Waals surface area contributed by atoms with Crippen molar-refractivity contribution in [3.63, 3.8) is 0 Å². The van der Waals surface area contributed by atoms with Gasteiger partial charge in [-0.3, -0.25) is 0 Å². The molecule has 0 N–H and O–H groups in total. The molecule has 0 aromatic heterocycles. The molecule has 0 aliphatic heterocycles. The van der Waals surface area contributed by atoms with Crippen LogP contribution in [0.2, 0.25) is 18.1 Å². The molecule has 0 atom stereocenters. The van der Waals surface area contributed by atoms with Gasteiger partial charge in [0.05, 0.1) is 0 Å². The van der Waals surface area contributed by atoms with E-state index in [1.807, 2.05) is 6.92 Å². The standard InChI is InChI=1S/C13H26OSi/c1-6-9-15(10-7-2,11-8-3)13(14)12(4)5/h4,6-11H2,1-3,5H3. The van der Waals surface area contributed by atoms with E-state index in [0.717, 1.165) is 43.0 Å². The van der Waals surface area contributed by atoms with Crippen LogP contribution in [0.5, 0.6) is 0 Å². The summed E-state index contributed by atoms with van der Waals surface area (Å²) in [5.74, 6) is 0. The third-order valence-electron chi connectivity index (χ3n) is 3.05. The third kappa shape index (κ3) is 3.94. The largest absolute Gasteiger partial charge is 0.300 e. The molecule has 0 amide bonds. The van der Waals surface area contributed by atoms with Gasteiger partial charge < -0.3 is 4.79 Å². The molecule has 0 spiro atoms. The van der Waals surface area contributed by atoms with E-state index in [1.165, 1.54) is 0 Å². The number of carbonyl (C=O) groups is 1. The summed E-state index contributed by atoms with van der Waals surface area (Å²) in [5, 5.41) is 0.438. The fraction of sp³-hybridized carbons (Fsp3) is 0.769. The Morgan fingerprint density at radius 3 is 1.53 bits per heavy atom.